The fourth-order valence-corrected chi connectivity index (χ4v) is 1.36. The molecule has 3 N–H and O–H groups in total. The summed E-state index contributed by atoms with van der Waals surface area (Å²) in [6.45, 7) is 0.574. The van der Waals surface area contributed by atoms with Gasteiger partial charge in [0.2, 0.25) is 0 Å². The highest BCUT2D eigenvalue weighted by Gasteiger charge is 2.04. The molecule has 1 aromatic carbocycles. The lowest BCUT2D eigenvalue weighted by molar-refractivity contribution is 0.330. The second kappa shape index (κ2) is 4.41. The van der Waals surface area contributed by atoms with E-state index >= 15 is 0 Å². The maximum atomic E-state index is 8.10. The summed E-state index contributed by atoms with van der Waals surface area (Å²) < 4.78 is 5.38. The van der Waals surface area contributed by atoms with E-state index in [1.54, 1.807) is 18.3 Å². The normalized spacial score (nSPS) is 10.0. The average molecular weight is 218 g/mol. The van der Waals surface area contributed by atoms with Crippen LogP contribution in [0.15, 0.2) is 23.4 Å². The molecule has 1 heterocycles. The molecule has 0 fully saturated rings. The summed E-state index contributed by atoms with van der Waals surface area (Å²) in [7, 11) is 0. The molecule has 7 heteroatoms. The van der Waals surface area contributed by atoms with Crippen LogP contribution in [-0.4, -0.2) is 23.3 Å². The highest BCUT2D eigenvalue weighted by Crippen LogP contribution is 2.26. The van der Waals surface area contributed by atoms with E-state index < -0.39 is 0 Å². The molecule has 0 aliphatic carbocycles. The molecule has 7 nitrogen and oxygen atoms in total. The zero-order chi connectivity index (χ0) is 11.4. The Balaban J connectivity index is 2.16. The van der Waals surface area contributed by atoms with Gasteiger partial charge < -0.3 is 10.5 Å². The third-order valence-corrected chi connectivity index (χ3v) is 2.08. The maximum absolute atomic E-state index is 8.10. The molecule has 0 unspecified atom stereocenters. The Morgan fingerprint density at radius 2 is 2.44 bits per heavy atom. The van der Waals surface area contributed by atoms with Gasteiger partial charge in [-0.3, -0.25) is 5.10 Å². The minimum Gasteiger partial charge on any atom is -0.491 e. The van der Waals surface area contributed by atoms with Gasteiger partial charge in [-0.05, 0) is 11.6 Å². The molecule has 2 rings (SSSR count). The van der Waals surface area contributed by atoms with Crippen LogP contribution in [0.2, 0.25) is 0 Å². The first kappa shape index (κ1) is 10.1. The smallest absolute Gasteiger partial charge is 0.144 e. The van der Waals surface area contributed by atoms with Crippen LogP contribution in [-0.2, 0) is 0 Å². The van der Waals surface area contributed by atoms with Crippen LogP contribution in [0.3, 0.4) is 0 Å². The SMILES string of the molecule is [N-]=[N+]=NCCOc1cc2[nH]ncc2cc1N. The molecule has 0 spiro atoms. The third kappa shape index (κ3) is 1.99. The zero-order valence-corrected chi connectivity index (χ0v) is 8.42. The van der Waals surface area contributed by atoms with Crippen molar-refractivity contribution in [3.05, 3.63) is 28.8 Å². The van der Waals surface area contributed by atoms with Crippen molar-refractivity contribution in [1.82, 2.24) is 10.2 Å². The van der Waals surface area contributed by atoms with Gasteiger partial charge in [0.25, 0.3) is 0 Å². The van der Waals surface area contributed by atoms with E-state index in [0.717, 1.165) is 10.9 Å². The van der Waals surface area contributed by atoms with E-state index in [2.05, 4.69) is 20.2 Å². The molecule has 0 aliphatic rings. The number of anilines is 1. The first-order chi connectivity index (χ1) is 7.81. The van der Waals surface area contributed by atoms with Crippen LogP contribution in [0.1, 0.15) is 0 Å². The second-order valence-electron chi connectivity index (χ2n) is 3.15. The molecule has 0 radical (unpaired) electrons. The van der Waals surface area contributed by atoms with Gasteiger partial charge in [0, 0.05) is 16.4 Å². The number of nitrogen functional groups attached to an aromatic ring is 1. The minimum absolute atomic E-state index is 0.275. The number of nitrogens with two attached hydrogens (primary N) is 1. The van der Waals surface area contributed by atoms with Gasteiger partial charge in [0.15, 0.2) is 0 Å². The Bertz CT molecular complexity index is 542. The van der Waals surface area contributed by atoms with Gasteiger partial charge in [-0.15, -0.1) is 0 Å². The second-order valence-corrected chi connectivity index (χ2v) is 3.15. The number of hydrogen-bond donors (Lipinski definition) is 2. The molecule has 0 amide bonds. The van der Waals surface area contributed by atoms with E-state index in [0.29, 0.717) is 18.0 Å². The number of nitrogens with zero attached hydrogens (tertiary/aromatic N) is 4. The summed E-state index contributed by atoms with van der Waals surface area (Å²) in [5, 5.41) is 11.0. The van der Waals surface area contributed by atoms with Gasteiger partial charge in [-0.25, -0.2) is 0 Å². The molecule has 0 bridgehead atoms. The van der Waals surface area contributed by atoms with Gasteiger partial charge in [0.05, 0.1) is 30.6 Å². The molecule has 1 aromatic heterocycles. The number of ether oxygens (including phenoxy) is 1. The van der Waals surface area contributed by atoms with Crippen molar-refractivity contribution in [2.45, 2.75) is 0 Å². The first-order valence-corrected chi connectivity index (χ1v) is 4.67. The van der Waals surface area contributed by atoms with Crippen molar-refractivity contribution in [2.24, 2.45) is 5.11 Å². The predicted octanol–water partition coefficient (Wildman–Crippen LogP) is 1.83. The van der Waals surface area contributed by atoms with Crippen LogP contribution in [0.5, 0.6) is 5.75 Å². The number of rotatable bonds is 4. The summed E-state index contributed by atoms with van der Waals surface area (Å²) in [4.78, 5) is 2.63. The molecular formula is C9H10N6O. The Morgan fingerprint density at radius 3 is 3.25 bits per heavy atom. The fourth-order valence-electron chi connectivity index (χ4n) is 1.36. The van der Waals surface area contributed by atoms with Crippen LogP contribution in [0.25, 0.3) is 21.3 Å². The molecule has 0 aliphatic heterocycles. The van der Waals surface area contributed by atoms with Crippen molar-refractivity contribution in [1.29, 1.82) is 0 Å². The molecule has 2 aromatic rings. The maximum Gasteiger partial charge on any atom is 0.144 e. The Hall–Kier alpha value is -2.40. The van der Waals surface area contributed by atoms with Crippen molar-refractivity contribution < 1.29 is 4.74 Å². The Kier molecular flexibility index (Phi) is 2.79. The lowest BCUT2D eigenvalue weighted by Gasteiger charge is -2.07. The van der Waals surface area contributed by atoms with Crippen LogP contribution >= 0.6 is 0 Å². The van der Waals surface area contributed by atoms with Crippen molar-refractivity contribution in [3.63, 3.8) is 0 Å². The van der Waals surface area contributed by atoms with Crippen LogP contribution in [0, 0.1) is 0 Å². The summed E-state index contributed by atoms with van der Waals surface area (Å²) >= 11 is 0. The minimum atomic E-state index is 0.275. The summed E-state index contributed by atoms with van der Waals surface area (Å²) in [6.07, 6.45) is 1.69. The Labute approximate surface area is 90.8 Å². The summed E-state index contributed by atoms with van der Waals surface area (Å²) in [6, 6.07) is 3.55. The van der Waals surface area contributed by atoms with Crippen LogP contribution < -0.4 is 10.5 Å². The molecular weight excluding hydrogens is 208 g/mol. The average Bonchev–Trinajstić information content (AvgIpc) is 2.71. The quantitative estimate of drug-likeness (QED) is 0.268. The molecule has 82 valence electrons. The van der Waals surface area contributed by atoms with Crippen LogP contribution in [0.4, 0.5) is 5.69 Å². The number of hydrogen-bond acceptors (Lipinski definition) is 4. The van der Waals surface area contributed by atoms with E-state index in [-0.39, 0.29) is 6.54 Å². The van der Waals surface area contributed by atoms with E-state index in [1.165, 1.54) is 0 Å². The van der Waals surface area contributed by atoms with Gasteiger partial charge in [0.1, 0.15) is 5.75 Å². The number of benzene rings is 1. The summed E-state index contributed by atoms with van der Waals surface area (Å²) in [5.74, 6) is 0.560. The number of azide groups is 1. The fraction of sp³-hybridized carbons (Fsp3) is 0.222. The zero-order valence-electron chi connectivity index (χ0n) is 8.42. The largest absolute Gasteiger partial charge is 0.491 e. The van der Waals surface area contributed by atoms with Crippen molar-refractivity contribution in [3.8, 4) is 5.75 Å². The summed E-state index contributed by atoms with van der Waals surface area (Å²) in [5.41, 5.74) is 15.3. The van der Waals surface area contributed by atoms with Gasteiger partial charge >= 0.3 is 0 Å². The third-order valence-electron chi connectivity index (χ3n) is 2.08. The number of aromatic nitrogens is 2. The lowest BCUT2D eigenvalue weighted by Crippen LogP contribution is -2.02. The Morgan fingerprint density at radius 1 is 1.56 bits per heavy atom. The van der Waals surface area contributed by atoms with Gasteiger partial charge in [-0.1, -0.05) is 5.11 Å². The van der Waals surface area contributed by atoms with Crippen molar-refractivity contribution >= 4 is 16.6 Å². The van der Waals surface area contributed by atoms with E-state index in [1.807, 2.05) is 0 Å². The molecule has 16 heavy (non-hydrogen) atoms. The first-order valence-electron chi connectivity index (χ1n) is 4.67. The standard InChI is InChI=1S/C9H10N6O/c10-7-3-6-5-13-14-8(6)4-9(7)16-2-1-12-15-11/h3-5H,1-2,10H2,(H,13,14). The molecule has 0 saturated carbocycles. The highest BCUT2D eigenvalue weighted by atomic mass is 16.5. The molecule has 0 atom stereocenters. The predicted molar refractivity (Wildman–Crippen MR) is 60.0 cm³/mol. The monoisotopic (exact) mass is 218 g/mol. The topological polar surface area (TPSA) is 113 Å². The van der Waals surface area contributed by atoms with Crippen molar-refractivity contribution in [2.75, 3.05) is 18.9 Å². The highest BCUT2D eigenvalue weighted by molar-refractivity contribution is 5.84. The number of H-pyrrole nitrogens is 1. The number of aromatic amines is 1. The molecule has 0 saturated heterocycles. The lowest BCUT2D eigenvalue weighted by atomic mass is 10.2. The number of nitrogens with one attached hydrogen (secondary N) is 1. The van der Waals surface area contributed by atoms with E-state index in [9.17, 15) is 0 Å². The van der Waals surface area contributed by atoms with E-state index in [4.69, 9.17) is 16.0 Å². The van der Waals surface area contributed by atoms with Gasteiger partial charge in [-0.2, -0.15) is 5.10 Å². The number of fused-ring (bicyclic) bond motifs is 1.